The van der Waals surface area contributed by atoms with Gasteiger partial charge in [-0.1, -0.05) is 36.4 Å². The quantitative estimate of drug-likeness (QED) is 0.754. The Morgan fingerprint density at radius 2 is 1.82 bits per heavy atom. The Bertz CT molecular complexity index is 509. The molecule has 0 spiro atoms. The number of hydrogen-bond acceptors (Lipinski definition) is 2. The number of aldehydes is 1. The Morgan fingerprint density at radius 1 is 1.06 bits per heavy atom. The van der Waals surface area contributed by atoms with Crippen molar-refractivity contribution in [2.75, 3.05) is 0 Å². The van der Waals surface area contributed by atoms with Gasteiger partial charge in [0.15, 0.2) is 17.9 Å². The van der Waals surface area contributed by atoms with Crippen LogP contribution >= 0.6 is 0 Å². The molecule has 0 aliphatic rings. The number of hydrogen-bond donors (Lipinski definition) is 0. The minimum Gasteiger partial charge on any atom is -0.486 e. The number of carbonyl (C=O) groups excluding carboxylic acids is 1. The Morgan fingerprint density at radius 3 is 2.53 bits per heavy atom. The van der Waals surface area contributed by atoms with Crippen LogP contribution in [0.15, 0.2) is 48.5 Å². The number of ether oxygens (including phenoxy) is 1. The van der Waals surface area contributed by atoms with E-state index in [2.05, 4.69) is 0 Å². The highest BCUT2D eigenvalue weighted by molar-refractivity contribution is 5.76. The fraction of sp³-hybridized carbons (Fsp3) is 0.0714. The zero-order valence-electron chi connectivity index (χ0n) is 9.10. The second-order valence-electron chi connectivity index (χ2n) is 3.55. The fourth-order valence-corrected chi connectivity index (χ4v) is 1.47. The summed E-state index contributed by atoms with van der Waals surface area (Å²) in [6.07, 6.45) is 0.477. The molecule has 0 bridgehead atoms. The molecule has 0 unspecified atom stereocenters. The van der Waals surface area contributed by atoms with Gasteiger partial charge < -0.3 is 4.74 Å². The van der Waals surface area contributed by atoms with Crippen LogP contribution in [0.25, 0.3) is 0 Å². The molecule has 0 saturated heterocycles. The van der Waals surface area contributed by atoms with Gasteiger partial charge in [-0.2, -0.15) is 0 Å². The zero-order chi connectivity index (χ0) is 12.1. The second kappa shape index (κ2) is 5.25. The van der Waals surface area contributed by atoms with Crippen molar-refractivity contribution in [1.82, 2.24) is 0 Å². The summed E-state index contributed by atoms with van der Waals surface area (Å²) in [5.74, 6) is -0.517. The lowest BCUT2D eigenvalue weighted by Crippen LogP contribution is -1.99. The number of carbonyl (C=O) groups is 1. The van der Waals surface area contributed by atoms with Crippen LogP contribution in [-0.4, -0.2) is 6.29 Å². The first-order valence-electron chi connectivity index (χ1n) is 5.21. The highest BCUT2D eigenvalue weighted by atomic mass is 19.1. The van der Waals surface area contributed by atoms with E-state index in [1.807, 2.05) is 30.3 Å². The lowest BCUT2D eigenvalue weighted by Gasteiger charge is -2.07. The van der Waals surface area contributed by atoms with Crippen LogP contribution in [-0.2, 0) is 6.61 Å². The molecule has 2 aromatic rings. The molecule has 0 atom stereocenters. The molecule has 0 fully saturated rings. The largest absolute Gasteiger partial charge is 0.486 e. The molecular formula is C14H11FO2. The average Bonchev–Trinajstić information content (AvgIpc) is 2.39. The third kappa shape index (κ3) is 2.69. The van der Waals surface area contributed by atoms with Gasteiger partial charge >= 0.3 is 0 Å². The highest BCUT2D eigenvalue weighted by Crippen LogP contribution is 2.20. The van der Waals surface area contributed by atoms with E-state index in [0.717, 1.165) is 5.56 Å². The minimum absolute atomic E-state index is 0.00978. The first-order valence-corrected chi connectivity index (χ1v) is 5.21. The molecule has 2 rings (SSSR count). The van der Waals surface area contributed by atoms with E-state index < -0.39 is 5.82 Å². The molecule has 0 heterocycles. The smallest absolute Gasteiger partial charge is 0.175 e. The van der Waals surface area contributed by atoms with Crippen LogP contribution in [0.5, 0.6) is 5.75 Å². The van der Waals surface area contributed by atoms with Crippen molar-refractivity contribution in [3.8, 4) is 5.75 Å². The molecule has 2 aromatic carbocycles. The normalized spacial score (nSPS) is 9.94. The Balaban J connectivity index is 2.12. The van der Waals surface area contributed by atoms with Crippen molar-refractivity contribution in [1.29, 1.82) is 0 Å². The van der Waals surface area contributed by atoms with E-state index in [1.54, 1.807) is 6.07 Å². The SMILES string of the molecule is O=Cc1cccc(OCc2ccccc2)c1F. The van der Waals surface area contributed by atoms with Crippen LogP contribution in [0.1, 0.15) is 15.9 Å². The van der Waals surface area contributed by atoms with Gasteiger partial charge in [0.1, 0.15) is 6.61 Å². The summed E-state index contributed by atoms with van der Waals surface area (Å²) in [5.41, 5.74) is 0.957. The van der Waals surface area contributed by atoms with Crippen LogP contribution in [0.3, 0.4) is 0 Å². The van der Waals surface area contributed by atoms with Gasteiger partial charge in [0.25, 0.3) is 0 Å². The summed E-state index contributed by atoms with van der Waals surface area (Å²) >= 11 is 0. The number of benzene rings is 2. The van der Waals surface area contributed by atoms with Gasteiger partial charge in [0.05, 0.1) is 5.56 Å². The van der Waals surface area contributed by atoms with Crippen molar-refractivity contribution in [2.24, 2.45) is 0 Å². The van der Waals surface area contributed by atoms with Crippen molar-refractivity contribution >= 4 is 6.29 Å². The molecule has 86 valence electrons. The van der Waals surface area contributed by atoms with Gasteiger partial charge in [-0.25, -0.2) is 4.39 Å². The molecule has 0 aliphatic heterocycles. The first-order chi connectivity index (χ1) is 8.31. The lowest BCUT2D eigenvalue weighted by atomic mass is 10.2. The van der Waals surface area contributed by atoms with E-state index in [4.69, 9.17) is 4.74 Å². The van der Waals surface area contributed by atoms with Crippen LogP contribution in [0.2, 0.25) is 0 Å². The molecule has 3 heteroatoms. The van der Waals surface area contributed by atoms with E-state index in [0.29, 0.717) is 6.29 Å². The number of halogens is 1. The van der Waals surface area contributed by atoms with Gasteiger partial charge in [0.2, 0.25) is 0 Å². The zero-order valence-corrected chi connectivity index (χ0v) is 9.10. The molecule has 0 N–H and O–H groups in total. The summed E-state index contributed by atoms with van der Waals surface area (Å²) in [7, 11) is 0. The maximum absolute atomic E-state index is 13.6. The molecule has 0 aliphatic carbocycles. The first kappa shape index (κ1) is 11.3. The summed E-state index contributed by atoms with van der Waals surface area (Å²) in [4.78, 5) is 10.6. The van der Waals surface area contributed by atoms with Crippen molar-refractivity contribution in [3.63, 3.8) is 0 Å². The van der Waals surface area contributed by atoms with Gasteiger partial charge in [-0.15, -0.1) is 0 Å². The predicted molar refractivity (Wildman–Crippen MR) is 62.6 cm³/mol. The Labute approximate surface area is 98.7 Å². The molecule has 0 radical (unpaired) electrons. The standard InChI is InChI=1S/C14H11FO2/c15-14-12(9-16)7-4-8-13(14)17-10-11-5-2-1-3-6-11/h1-9H,10H2. The average molecular weight is 230 g/mol. The fourth-order valence-electron chi connectivity index (χ4n) is 1.47. The topological polar surface area (TPSA) is 26.3 Å². The highest BCUT2D eigenvalue weighted by Gasteiger charge is 2.08. The Kier molecular flexibility index (Phi) is 3.50. The van der Waals surface area contributed by atoms with E-state index in [1.165, 1.54) is 12.1 Å². The van der Waals surface area contributed by atoms with Crippen molar-refractivity contribution < 1.29 is 13.9 Å². The molecule has 0 saturated carbocycles. The summed E-state index contributed by atoms with van der Waals surface area (Å²) < 4.78 is 19.0. The van der Waals surface area contributed by atoms with E-state index in [-0.39, 0.29) is 17.9 Å². The minimum atomic E-state index is -0.613. The molecule has 17 heavy (non-hydrogen) atoms. The lowest BCUT2D eigenvalue weighted by molar-refractivity contribution is 0.111. The van der Waals surface area contributed by atoms with Gasteiger partial charge in [-0.3, -0.25) is 4.79 Å². The second-order valence-corrected chi connectivity index (χ2v) is 3.55. The molecular weight excluding hydrogens is 219 g/mol. The maximum atomic E-state index is 13.6. The van der Waals surface area contributed by atoms with E-state index >= 15 is 0 Å². The van der Waals surface area contributed by atoms with Crippen molar-refractivity contribution in [2.45, 2.75) is 6.61 Å². The molecule has 0 aromatic heterocycles. The number of rotatable bonds is 4. The van der Waals surface area contributed by atoms with Crippen molar-refractivity contribution in [3.05, 3.63) is 65.5 Å². The third-order valence-electron chi connectivity index (χ3n) is 2.36. The molecule has 0 amide bonds. The van der Waals surface area contributed by atoms with Gasteiger partial charge in [0, 0.05) is 0 Å². The van der Waals surface area contributed by atoms with Crippen LogP contribution in [0.4, 0.5) is 4.39 Å². The summed E-state index contributed by atoms with van der Waals surface area (Å²) in [5, 5.41) is 0. The summed E-state index contributed by atoms with van der Waals surface area (Å²) in [6.45, 7) is 0.278. The maximum Gasteiger partial charge on any atom is 0.175 e. The molecule has 2 nitrogen and oxygen atoms in total. The predicted octanol–water partition coefficient (Wildman–Crippen LogP) is 3.22. The van der Waals surface area contributed by atoms with Crippen LogP contribution in [0, 0.1) is 5.82 Å². The van der Waals surface area contributed by atoms with Crippen LogP contribution < -0.4 is 4.74 Å². The van der Waals surface area contributed by atoms with E-state index in [9.17, 15) is 9.18 Å². The van der Waals surface area contributed by atoms with Gasteiger partial charge in [-0.05, 0) is 17.7 Å². The Hall–Kier alpha value is -2.16. The summed E-state index contributed by atoms with van der Waals surface area (Å²) in [6, 6.07) is 14.0. The monoisotopic (exact) mass is 230 g/mol. The third-order valence-corrected chi connectivity index (χ3v) is 2.36.